The second-order valence-corrected chi connectivity index (χ2v) is 6.59. The van der Waals surface area contributed by atoms with Crippen LogP contribution in [0.3, 0.4) is 0 Å². The van der Waals surface area contributed by atoms with Crippen molar-refractivity contribution in [3.05, 3.63) is 58.2 Å². The lowest BCUT2D eigenvalue weighted by Crippen LogP contribution is -2.43. The number of anilines is 1. The van der Waals surface area contributed by atoms with Crippen molar-refractivity contribution in [1.29, 1.82) is 0 Å². The zero-order valence-corrected chi connectivity index (χ0v) is 15.4. The van der Waals surface area contributed by atoms with Gasteiger partial charge in [-0.2, -0.15) is 0 Å². The quantitative estimate of drug-likeness (QED) is 0.811. The van der Waals surface area contributed by atoms with E-state index in [0.29, 0.717) is 5.82 Å². The monoisotopic (exact) mass is 394 g/mol. The smallest absolute Gasteiger partial charge is 0.326 e. The molecule has 1 aliphatic rings. The Hall–Kier alpha value is -2.74. The summed E-state index contributed by atoms with van der Waals surface area (Å²) in [6.07, 6.45) is 1.58. The molecular weight excluding hydrogens is 378 g/mol. The number of hydrogen-bond acceptors (Lipinski definition) is 3. The largest absolute Gasteiger partial charge is 0.350 e. The fourth-order valence-electron chi connectivity index (χ4n) is 2.90. The van der Waals surface area contributed by atoms with Gasteiger partial charge >= 0.3 is 6.03 Å². The van der Waals surface area contributed by atoms with Crippen LogP contribution >= 0.6 is 11.6 Å². The predicted octanol–water partition coefficient (Wildman–Crippen LogP) is 2.88. The Labute approximate surface area is 159 Å². The summed E-state index contributed by atoms with van der Waals surface area (Å²) in [6, 6.07) is 4.74. The number of likely N-dealkylation sites (N-methyl/N-ethyl adjacent to an activating group) is 1. The molecule has 3 rings (SSSR count). The van der Waals surface area contributed by atoms with Gasteiger partial charge in [-0.25, -0.2) is 18.6 Å². The number of aryl methyl sites for hydroxylation is 1. The summed E-state index contributed by atoms with van der Waals surface area (Å²) in [7, 11) is 1.52. The van der Waals surface area contributed by atoms with Gasteiger partial charge in [0, 0.05) is 19.8 Å². The van der Waals surface area contributed by atoms with Gasteiger partial charge in [-0.05, 0) is 30.2 Å². The first-order chi connectivity index (χ1) is 12.8. The minimum Gasteiger partial charge on any atom is -0.350 e. The van der Waals surface area contributed by atoms with E-state index in [2.05, 4.69) is 10.3 Å². The molecule has 1 fully saturated rings. The lowest BCUT2D eigenvalue weighted by Gasteiger charge is -2.17. The van der Waals surface area contributed by atoms with Crippen LogP contribution in [0.2, 0.25) is 5.02 Å². The van der Waals surface area contributed by atoms with Crippen LogP contribution in [-0.4, -0.2) is 41.5 Å². The van der Waals surface area contributed by atoms with E-state index in [9.17, 15) is 18.4 Å². The number of nitrogens with zero attached hydrogens (tertiary/aromatic N) is 3. The SMILES string of the molecule is Cc1cccnc1N1C[C@@H](C(=O)NCc2ccc(F)c(F)c2Cl)N(C)C1=O. The molecule has 1 aromatic heterocycles. The maximum atomic E-state index is 13.5. The van der Waals surface area contributed by atoms with Crippen LogP contribution in [-0.2, 0) is 11.3 Å². The molecule has 1 N–H and O–H groups in total. The summed E-state index contributed by atoms with van der Waals surface area (Å²) >= 11 is 5.77. The minimum absolute atomic E-state index is 0.0873. The Kier molecular flexibility index (Phi) is 5.27. The number of urea groups is 1. The zero-order chi connectivity index (χ0) is 19.7. The molecule has 142 valence electrons. The average Bonchev–Trinajstić information content (AvgIpc) is 2.95. The van der Waals surface area contributed by atoms with Crippen molar-refractivity contribution >= 4 is 29.4 Å². The number of carbonyl (C=O) groups excluding carboxylic acids is 2. The molecule has 1 aromatic carbocycles. The molecule has 3 amide bonds. The maximum Gasteiger partial charge on any atom is 0.326 e. The van der Waals surface area contributed by atoms with Gasteiger partial charge in [0.25, 0.3) is 0 Å². The fraction of sp³-hybridized carbons (Fsp3) is 0.278. The van der Waals surface area contributed by atoms with E-state index in [1.165, 1.54) is 22.9 Å². The van der Waals surface area contributed by atoms with Crippen molar-refractivity contribution in [2.24, 2.45) is 0 Å². The van der Waals surface area contributed by atoms with Crippen LogP contribution < -0.4 is 10.2 Å². The number of carbonyl (C=O) groups is 2. The van der Waals surface area contributed by atoms with E-state index in [4.69, 9.17) is 11.6 Å². The molecule has 0 radical (unpaired) electrons. The van der Waals surface area contributed by atoms with E-state index in [-0.39, 0.29) is 29.7 Å². The first kappa shape index (κ1) is 19.0. The minimum atomic E-state index is -1.16. The number of amides is 3. The van der Waals surface area contributed by atoms with E-state index in [0.717, 1.165) is 11.6 Å². The number of hydrogen-bond donors (Lipinski definition) is 1. The molecule has 0 saturated carbocycles. The Morgan fingerprint density at radius 3 is 2.81 bits per heavy atom. The van der Waals surface area contributed by atoms with Crippen molar-refractivity contribution in [2.45, 2.75) is 19.5 Å². The number of benzene rings is 1. The summed E-state index contributed by atoms with van der Waals surface area (Å²) in [5, 5.41) is 2.23. The van der Waals surface area contributed by atoms with Crippen LogP contribution in [0.25, 0.3) is 0 Å². The van der Waals surface area contributed by atoms with Crippen molar-refractivity contribution in [1.82, 2.24) is 15.2 Å². The molecule has 1 atom stereocenters. The Balaban J connectivity index is 1.71. The van der Waals surface area contributed by atoms with Gasteiger partial charge < -0.3 is 10.2 Å². The number of halogens is 3. The lowest BCUT2D eigenvalue weighted by molar-refractivity contribution is -0.124. The highest BCUT2D eigenvalue weighted by molar-refractivity contribution is 6.31. The third-order valence-corrected chi connectivity index (χ3v) is 4.87. The van der Waals surface area contributed by atoms with Crippen LogP contribution in [0.5, 0.6) is 0 Å². The molecule has 9 heteroatoms. The first-order valence-corrected chi connectivity index (χ1v) is 8.55. The van der Waals surface area contributed by atoms with Crippen LogP contribution in [0.4, 0.5) is 19.4 Å². The van der Waals surface area contributed by atoms with Gasteiger partial charge in [-0.15, -0.1) is 0 Å². The molecule has 2 aromatic rings. The van der Waals surface area contributed by atoms with Crippen LogP contribution in [0.1, 0.15) is 11.1 Å². The van der Waals surface area contributed by atoms with Gasteiger partial charge in [-0.3, -0.25) is 9.69 Å². The highest BCUT2D eigenvalue weighted by atomic mass is 35.5. The maximum absolute atomic E-state index is 13.5. The highest BCUT2D eigenvalue weighted by Gasteiger charge is 2.40. The van der Waals surface area contributed by atoms with Crippen molar-refractivity contribution in [3.63, 3.8) is 0 Å². The van der Waals surface area contributed by atoms with Crippen LogP contribution in [0, 0.1) is 18.6 Å². The molecule has 2 heterocycles. The van der Waals surface area contributed by atoms with Gasteiger partial charge in [0.1, 0.15) is 11.9 Å². The topological polar surface area (TPSA) is 65.5 Å². The summed E-state index contributed by atoms with van der Waals surface area (Å²) in [5.41, 5.74) is 1.06. The standard InChI is InChI=1S/C18H17ClF2N4O2/c1-10-4-3-7-22-16(10)25-9-13(24(2)18(25)27)17(26)23-8-11-5-6-12(20)15(21)14(11)19/h3-7,13H,8-9H2,1-2H3,(H,23,26)/t13-/m0/s1. The molecule has 0 bridgehead atoms. The summed E-state index contributed by atoms with van der Waals surface area (Å²) in [6.45, 7) is 1.87. The van der Waals surface area contributed by atoms with E-state index in [1.54, 1.807) is 12.3 Å². The number of rotatable bonds is 4. The molecular formula is C18H17ClF2N4O2. The van der Waals surface area contributed by atoms with Gasteiger partial charge in [0.05, 0.1) is 11.6 Å². The number of aromatic nitrogens is 1. The third kappa shape index (κ3) is 3.57. The van der Waals surface area contributed by atoms with Crippen molar-refractivity contribution in [2.75, 3.05) is 18.5 Å². The van der Waals surface area contributed by atoms with Crippen molar-refractivity contribution < 1.29 is 18.4 Å². The molecule has 6 nitrogen and oxygen atoms in total. The lowest BCUT2D eigenvalue weighted by atomic mass is 10.2. The summed E-state index contributed by atoms with van der Waals surface area (Å²) < 4.78 is 26.7. The Morgan fingerprint density at radius 1 is 1.37 bits per heavy atom. The van der Waals surface area contributed by atoms with E-state index >= 15 is 0 Å². The normalized spacial score (nSPS) is 16.8. The average molecular weight is 395 g/mol. The number of pyridine rings is 1. The first-order valence-electron chi connectivity index (χ1n) is 8.17. The summed E-state index contributed by atoms with van der Waals surface area (Å²) in [4.78, 5) is 32.0. The third-order valence-electron chi connectivity index (χ3n) is 4.46. The van der Waals surface area contributed by atoms with E-state index < -0.39 is 23.6 Å². The summed E-state index contributed by atoms with van der Waals surface area (Å²) in [5.74, 6) is -2.15. The predicted molar refractivity (Wildman–Crippen MR) is 96.5 cm³/mol. The number of nitrogens with one attached hydrogen (secondary N) is 1. The molecule has 0 unspecified atom stereocenters. The molecule has 27 heavy (non-hydrogen) atoms. The van der Waals surface area contributed by atoms with Gasteiger partial charge in [0.2, 0.25) is 5.91 Å². The Bertz CT molecular complexity index is 909. The van der Waals surface area contributed by atoms with Crippen molar-refractivity contribution in [3.8, 4) is 0 Å². The molecule has 1 saturated heterocycles. The Morgan fingerprint density at radius 2 is 2.11 bits per heavy atom. The molecule has 0 aliphatic carbocycles. The second kappa shape index (κ2) is 7.48. The van der Waals surface area contributed by atoms with Crippen LogP contribution in [0.15, 0.2) is 30.5 Å². The fourth-order valence-corrected chi connectivity index (χ4v) is 3.12. The van der Waals surface area contributed by atoms with Gasteiger partial charge in [-0.1, -0.05) is 23.7 Å². The van der Waals surface area contributed by atoms with E-state index in [1.807, 2.05) is 13.0 Å². The highest BCUT2D eigenvalue weighted by Crippen LogP contribution is 2.25. The molecule has 0 spiro atoms. The molecule has 1 aliphatic heterocycles. The zero-order valence-electron chi connectivity index (χ0n) is 14.7. The second-order valence-electron chi connectivity index (χ2n) is 6.22. The van der Waals surface area contributed by atoms with Gasteiger partial charge in [0.15, 0.2) is 11.6 Å².